The molecule has 1 aromatic heterocycles. The monoisotopic (exact) mass is 486 g/mol. The SMILES string of the molecule is CCCCCN(CC(=O)Nc1cc(C(C)(C)C)nn1-c1cccc(C)c1)C(=O)/C=C/c1ccccc1. The summed E-state index contributed by atoms with van der Waals surface area (Å²) < 4.78 is 1.77. The second-order valence-electron chi connectivity index (χ2n) is 10.2. The maximum absolute atomic E-state index is 13.2. The van der Waals surface area contributed by atoms with E-state index < -0.39 is 0 Å². The molecule has 0 aliphatic carbocycles. The normalized spacial score (nSPS) is 11.6. The summed E-state index contributed by atoms with van der Waals surface area (Å²) >= 11 is 0. The number of unbranched alkanes of at least 4 members (excludes halogenated alkanes) is 2. The van der Waals surface area contributed by atoms with Crippen LogP contribution in [0.3, 0.4) is 0 Å². The van der Waals surface area contributed by atoms with Gasteiger partial charge in [0.05, 0.1) is 11.4 Å². The molecule has 36 heavy (non-hydrogen) atoms. The molecule has 0 bridgehead atoms. The molecule has 1 N–H and O–H groups in total. The number of carbonyl (C=O) groups excluding carboxylic acids is 2. The minimum atomic E-state index is -0.248. The number of rotatable bonds is 10. The summed E-state index contributed by atoms with van der Waals surface area (Å²) in [7, 11) is 0. The lowest BCUT2D eigenvalue weighted by molar-refractivity contribution is -0.130. The Morgan fingerprint density at radius 2 is 1.78 bits per heavy atom. The van der Waals surface area contributed by atoms with E-state index in [-0.39, 0.29) is 23.8 Å². The van der Waals surface area contributed by atoms with Gasteiger partial charge in [0.1, 0.15) is 12.4 Å². The van der Waals surface area contributed by atoms with Crippen LogP contribution in [0.5, 0.6) is 0 Å². The Morgan fingerprint density at radius 1 is 1.03 bits per heavy atom. The largest absolute Gasteiger partial charge is 0.330 e. The lowest BCUT2D eigenvalue weighted by Crippen LogP contribution is -2.38. The Hall–Kier alpha value is -3.67. The predicted octanol–water partition coefficient (Wildman–Crippen LogP) is 6.15. The third-order valence-corrected chi connectivity index (χ3v) is 5.89. The molecule has 1 heterocycles. The van der Waals surface area contributed by atoms with E-state index in [9.17, 15) is 9.59 Å². The van der Waals surface area contributed by atoms with Gasteiger partial charge in [-0.2, -0.15) is 5.10 Å². The van der Waals surface area contributed by atoms with Crippen LogP contribution in [0.15, 0.2) is 66.7 Å². The van der Waals surface area contributed by atoms with E-state index in [0.29, 0.717) is 12.4 Å². The van der Waals surface area contributed by atoms with Gasteiger partial charge in [-0.1, -0.05) is 83.0 Å². The highest BCUT2D eigenvalue weighted by molar-refractivity contribution is 5.97. The van der Waals surface area contributed by atoms with Gasteiger partial charge in [0.15, 0.2) is 0 Å². The Labute approximate surface area is 215 Å². The van der Waals surface area contributed by atoms with E-state index in [2.05, 4.69) is 33.0 Å². The Kier molecular flexibility index (Phi) is 9.23. The van der Waals surface area contributed by atoms with E-state index >= 15 is 0 Å². The van der Waals surface area contributed by atoms with Gasteiger partial charge in [-0.3, -0.25) is 9.59 Å². The predicted molar refractivity (Wildman–Crippen MR) is 147 cm³/mol. The van der Waals surface area contributed by atoms with Gasteiger partial charge < -0.3 is 10.2 Å². The topological polar surface area (TPSA) is 67.2 Å². The molecule has 6 heteroatoms. The highest BCUT2D eigenvalue weighted by Gasteiger charge is 2.22. The smallest absolute Gasteiger partial charge is 0.247 e. The van der Waals surface area contributed by atoms with E-state index in [0.717, 1.165) is 41.8 Å². The van der Waals surface area contributed by atoms with Gasteiger partial charge in [0, 0.05) is 24.1 Å². The van der Waals surface area contributed by atoms with Crippen LogP contribution in [0.1, 0.15) is 63.8 Å². The van der Waals surface area contributed by atoms with Crippen molar-refractivity contribution in [1.82, 2.24) is 14.7 Å². The second kappa shape index (κ2) is 12.3. The molecule has 6 nitrogen and oxygen atoms in total. The molecule has 2 aromatic carbocycles. The van der Waals surface area contributed by atoms with Crippen molar-refractivity contribution < 1.29 is 9.59 Å². The summed E-state index contributed by atoms with van der Waals surface area (Å²) in [6.07, 6.45) is 6.23. The van der Waals surface area contributed by atoms with Gasteiger partial charge in [-0.05, 0) is 42.7 Å². The fraction of sp³-hybridized carbons (Fsp3) is 0.367. The number of hydrogen-bond acceptors (Lipinski definition) is 3. The number of amides is 2. The first-order valence-electron chi connectivity index (χ1n) is 12.7. The summed E-state index contributed by atoms with van der Waals surface area (Å²) in [5.41, 5.74) is 3.62. The van der Waals surface area contributed by atoms with E-state index in [4.69, 9.17) is 5.10 Å². The van der Waals surface area contributed by atoms with Crippen LogP contribution < -0.4 is 5.32 Å². The Bertz CT molecular complexity index is 1190. The van der Waals surface area contributed by atoms with Crippen molar-refractivity contribution in [3.63, 3.8) is 0 Å². The third kappa shape index (κ3) is 7.67. The second-order valence-corrected chi connectivity index (χ2v) is 10.2. The Balaban J connectivity index is 1.80. The van der Waals surface area contributed by atoms with Crippen molar-refractivity contribution in [2.75, 3.05) is 18.4 Å². The number of benzene rings is 2. The van der Waals surface area contributed by atoms with Crippen LogP contribution in [-0.2, 0) is 15.0 Å². The van der Waals surface area contributed by atoms with Crippen molar-refractivity contribution >= 4 is 23.7 Å². The number of anilines is 1. The third-order valence-electron chi connectivity index (χ3n) is 5.89. The van der Waals surface area contributed by atoms with Gasteiger partial charge in [0.25, 0.3) is 0 Å². The van der Waals surface area contributed by atoms with Crippen molar-refractivity contribution in [2.24, 2.45) is 0 Å². The quantitative estimate of drug-likeness (QED) is 0.276. The van der Waals surface area contributed by atoms with Crippen molar-refractivity contribution in [1.29, 1.82) is 0 Å². The zero-order valence-electron chi connectivity index (χ0n) is 22.1. The highest BCUT2D eigenvalue weighted by atomic mass is 16.2. The fourth-order valence-corrected chi connectivity index (χ4v) is 3.81. The summed E-state index contributed by atoms with van der Waals surface area (Å²) in [6, 6.07) is 19.6. The molecule has 3 aromatic rings. The first-order chi connectivity index (χ1) is 17.2. The minimum Gasteiger partial charge on any atom is -0.330 e. The van der Waals surface area contributed by atoms with Crippen LogP contribution in [0.2, 0.25) is 0 Å². The number of hydrogen-bond donors (Lipinski definition) is 1. The van der Waals surface area contributed by atoms with Crippen molar-refractivity contribution in [2.45, 2.75) is 59.3 Å². The van der Waals surface area contributed by atoms with Crippen LogP contribution in [0.4, 0.5) is 5.82 Å². The summed E-state index contributed by atoms with van der Waals surface area (Å²) in [6.45, 7) is 10.9. The van der Waals surface area contributed by atoms with Gasteiger partial charge in [-0.15, -0.1) is 0 Å². The van der Waals surface area contributed by atoms with E-state index in [1.807, 2.05) is 67.6 Å². The fourth-order valence-electron chi connectivity index (χ4n) is 3.81. The standard InChI is InChI=1S/C30H38N4O2/c1-6-7-11-19-33(29(36)18-17-24-14-9-8-10-15-24)22-28(35)31-27-21-26(30(3,4)5)32-34(27)25-16-12-13-23(2)20-25/h8-10,12-18,20-21H,6-7,11,19,22H2,1-5H3,(H,31,35)/b18-17+. The maximum Gasteiger partial charge on any atom is 0.247 e. The zero-order valence-corrected chi connectivity index (χ0v) is 22.1. The zero-order chi connectivity index (χ0) is 26.1. The Morgan fingerprint density at radius 3 is 2.44 bits per heavy atom. The molecule has 0 radical (unpaired) electrons. The average molecular weight is 487 g/mol. The molecule has 0 aliphatic rings. The maximum atomic E-state index is 13.2. The van der Waals surface area contributed by atoms with Crippen LogP contribution in [-0.4, -0.2) is 39.6 Å². The molecule has 0 unspecified atom stereocenters. The molecule has 0 atom stereocenters. The molecule has 0 saturated carbocycles. The summed E-state index contributed by atoms with van der Waals surface area (Å²) in [5, 5.41) is 7.81. The molecule has 2 amide bonds. The molecule has 0 spiro atoms. The molecule has 190 valence electrons. The summed E-state index contributed by atoms with van der Waals surface area (Å²) in [4.78, 5) is 27.8. The van der Waals surface area contributed by atoms with Crippen molar-refractivity contribution in [3.05, 3.63) is 83.6 Å². The molecular formula is C30H38N4O2. The molecule has 0 saturated heterocycles. The van der Waals surface area contributed by atoms with Crippen molar-refractivity contribution in [3.8, 4) is 5.69 Å². The minimum absolute atomic E-state index is 0.0223. The van der Waals surface area contributed by atoms with Gasteiger partial charge >= 0.3 is 0 Å². The first-order valence-corrected chi connectivity index (χ1v) is 12.7. The van der Waals surface area contributed by atoms with Crippen LogP contribution in [0.25, 0.3) is 11.8 Å². The van der Waals surface area contributed by atoms with Gasteiger partial charge in [0.2, 0.25) is 11.8 Å². The first kappa shape index (κ1) is 26.9. The lowest BCUT2D eigenvalue weighted by atomic mass is 9.92. The van der Waals surface area contributed by atoms with E-state index in [1.165, 1.54) is 0 Å². The lowest BCUT2D eigenvalue weighted by Gasteiger charge is -2.21. The molecule has 0 aliphatic heterocycles. The highest BCUT2D eigenvalue weighted by Crippen LogP contribution is 2.26. The number of carbonyl (C=O) groups is 2. The van der Waals surface area contributed by atoms with Crippen LogP contribution >= 0.6 is 0 Å². The van der Waals surface area contributed by atoms with E-state index in [1.54, 1.807) is 21.7 Å². The molecule has 3 rings (SSSR count). The average Bonchev–Trinajstić information content (AvgIpc) is 3.27. The molecular weight excluding hydrogens is 448 g/mol. The number of nitrogens with zero attached hydrogens (tertiary/aromatic N) is 3. The van der Waals surface area contributed by atoms with Crippen LogP contribution in [0, 0.1) is 6.92 Å². The number of nitrogens with one attached hydrogen (secondary N) is 1. The number of aryl methyl sites for hydroxylation is 1. The summed E-state index contributed by atoms with van der Waals surface area (Å²) in [5.74, 6) is 0.172. The van der Waals surface area contributed by atoms with Gasteiger partial charge in [-0.25, -0.2) is 4.68 Å². The molecule has 0 fully saturated rings. The number of aromatic nitrogens is 2.